The number of rotatable bonds is 7. The summed E-state index contributed by atoms with van der Waals surface area (Å²) in [6.45, 7) is 2.91. The van der Waals surface area contributed by atoms with E-state index in [2.05, 4.69) is 10.6 Å². The number of aldehydes is 2. The minimum Gasteiger partial charge on any atom is -0.486 e. The molecular formula is C15H26N2O5. The Kier molecular flexibility index (Phi) is 26.8. The van der Waals surface area contributed by atoms with Crippen molar-refractivity contribution in [1.29, 1.82) is 0 Å². The van der Waals surface area contributed by atoms with Crippen LogP contribution in [0.4, 0.5) is 5.69 Å². The van der Waals surface area contributed by atoms with E-state index in [4.69, 9.17) is 14.6 Å². The van der Waals surface area contributed by atoms with Crippen LogP contribution in [0.3, 0.4) is 0 Å². The van der Waals surface area contributed by atoms with Crippen LogP contribution in [0, 0.1) is 0 Å². The van der Waals surface area contributed by atoms with Crippen LogP contribution in [-0.2, 0) is 14.4 Å². The van der Waals surface area contributed by atoms with Gasteiger partial charge in [0.05, 0.1) is 0 Å². The van der Waals surface area contributed by atoms with Gasteiger partial charge in [-0.2, -0.15) is 0 Å². The first kappa shape index (κ1) is 24.7. The second kappa shape index (κ2) is 23.8. The Labute approximate surface area is 131 Å². The molecule has 0 aliphatic carbocycles. The highest BCUT2D eigenvalue weighted by atomic mass is 16.5. The summed E-state index contributed by atoms with van der Waals surface area (Å²) in [6, 6.07) is 7.41. The number of aliphatic hydroxyl groups is 1. The zero-order valence-electron chi connectivity index (χ0n) is 13.4. The minimum atomic E-state index is 0.110. The normalized spacial score (nSPS) is 7.64. The van der Waals surface area contributed by atoms with E-state index in [1.165, 1.54) is 0 Å². The largest absolute Gasteiger partial charge is 0.486 e. The van der Waals surface area contributed by atoms with Crippen LogP contribution < -0.4 is 15.4 Å². The third-order valence-corrected chi connectivity index (χ3v) is 1.97. The van der Waals surface area contributed by atoms with Crippen molar-refractivity contribution in [2.45, 2.75) is 6.42 Å². The number of nitrogens with one attached hydrogen (secondary N) is 2. The van der Waals surface area contributed by atoms with Crippen LogP contribution >= 0.6 is 0 Å². The van der Waals surface area contributed by atoms with E-state index < -0.39 is 0 Å². The number of hydrogen-bond acceptors (Lipinski definition) is 7. The number of anilines is 1. The first-order valence-corrected chi connectivity index (χ1v) is 6.44. The molecule has 0 fully saturated rings. The quantitative estimate of drug-likeness (QED) is 0.498. The number of carbonyl (C=O) groups is 3. The molecule has 0 radical (unpaired) electrons. The Morgan fingerprint density at radius 1 is 1.09 bits per heavy atom. The fourth-order valence-corrected chi connectivity index (χ4v) is 1.05. The van der Waals surface area contributed by atoms with E-state index in [0.717, 1.165) is 31.9 Å². The van der Waals surface area contributed by atoms with Crippen LogP contribution in [-0.4, -0.2) is 58.8 Å². The molecule has 126 valence electrons. The molecule has 0 atom stereocenters. The Hall–Kier alpha value is -2.25. The minimum absolute atomic E-state index is 0.110. The molecule has 0 aliphatic heterocycles. The molecular weight excluding hydrogens is 288 g/mol. The molecule has 0 amide bonds. The summed E-state index contributed by atoms with van der Waals surface area (Å²) in [6.07, 6.45) is 2.25. The van der Waals surface area contributed by atoms with Crippen LogP contribution in [0.2, 0.25) is 0 Å². The second-order valence-electron chi connectivity index (χ2n) is 3.31. The highest BCUT2D eigenvalue weighted by Gasteiger charge is 1.91. The topological polar surface area (TPSA) is 105 Å². The van der Waals surface area contributed by atoms with Crippen molar-refractivity contribution in [2.24, 2.45) is 0 Å². The molecule has 0 spiro atoms. The molecule has 3 N–H and O–H groups in total. The fourth-order valence-electron chi connectivity index (χ4n) is 1.05. The highest BCUT2D eigenvalue weighted by Crippen LogP contribution is 2.14. The molecule has 1 rings (SSSR count). The smallest absolute Gasteiger partial charge is 0.157 e. The van der Waals surface area contributed by atoms with Gasteiger partial charge in [-0.15, -0.1) is 0 Å². The Morgan fingerprint density at radius 2 is 1.64 bits per heavy atom. The summed E-state index contributed by atoms with van der Waals surface area (Å²) in [4.78, 5) is 27.5. The maximum Gasteiger partial charge on any atom is 0.157 e. The Bertz CT molecular complexity index is 344. The zero-order valence-corrected chi connectivity index (χ0v) is 13.4. The van der Waals surface area contributed by atoms with Gasteiger partial charge in [0, 0.05) is 32.8 Å². The van der Waals surface area contributed by atoms with E-state index in [0.29, 0.717) is 12.2 Å². The van der Waals surface area contributed by atoms with E-state index in [1.54, 1.807) is 0 Å². The molecule has 0 saturated heterocycles. The van der Waals surface area contributed by atoms with Gasteiger partial charge in [-0.25, -0.2) is 0 Å². The van der Waals surface area contributed by atoms with Crippen molar-refractivity contribution in [2.75, 3.05) is 39.7 Å². The summed E-state index contributed by atoms with van der Waals surface area (Å²) >= 11 is 0. The first-order valence-electron chi connectivity index (χ1n) is 6.44. The molecule has 0 aliphatic rings. The summed E-state index contributed by atoms with van der Waals surface area (Å²) in [7, 11) is 4.67. The molecule has 7 nitrogen and oxygen atoms in total. The fraction of sp³-hybridized carbons (Fsp3) is 0.400. The van der Waals surface area contributed by atoms with Gasteiger partial charge in [0.1, 0.15) is 25.4 Å². The van der Waals surface area contributed by atoms with Gasteiger partial charge < -0.3 is 30.1 Å². The lowest BCUT2D eigenvalue weighted by molar-refractivity contribution is -0.109. The number of carbonyl (C=O) groups excluding carboxylic acids is 3. The first-order chi connectivity index (χ1) is 10.8. The lowest BCUT2D eigenvalue weighted by Crippen LogP contribution is -2.07. The van der Waals surface area contributed by atoms with Crippen molar-refractivity contribution in [3.05, 3.63) is 24.3 Å². The van der Waals surface area contributed by atoms with Crippen molar-refractivity contribution in [1.82, 2.24) is 5.32 Å². The highest BCUT2D eigenvalue weighted by molar-refractivity contribution is 5.52. The predicted octanol–water partition coefficient (Wildman–Crippen LogP) is 0.524. The maximum atomic E-state index is 9.96. The van der Waals surface area contributed by atoms with Crippen molar-refractivity contribution < 1.29 is 24.2 Å². The summed E-state index contributed by atoms with van der Waals surface area (Å²) in [5.74, 6) is 0.709. The Morgan fingerprint density at radius 3 is 1.95 bits per heavy atom. The number of hydrogen-bond donors (Lipinski definition) is 3. The van der Waals surface area contributed by atoms with E-state index >= 15 is 0 Å². The third-order valence-electron chi connectivity index (χ3n) is 1.97. The molecule has 0 aromatic heterocycles. The Balaban J connectivity index is -0.000000306. The lowest BCUT2D eigenvalue weighted by atomic mass is 10.3. The average molecular weight is 314 g/mol. The van der Waals surface area contributed by atoms with Gasteiger partial charge >= 0.3 is 0 Å². The van der Waals surface area contributed by atoms with Gasteiger partial charge in [0.25, 0.3) is 0 Å². The summed E-state index contributed by atoms with van der Waals surface area (Å²) < 4.78 is 5.06. The van der Waals surface area contributed by atoms with Crippen LogP contribution in [0.5, 0.6) is 5.75 Å². The standard InChI is InChI=1S/C9H11NO2.C4H9NO.CH4O.CH2O/c1-10-8-2-4-9(5-3-8)12-7-6-11;1-5-3-2-4-6;2*1-2/h2-6,10H,7H2,1H3;4-5H,2-3H2,1H3;2H,1H3;1H2. The van der Waals surface area contributed by atoms with Gasteiger partial charge in [0.2, 0.25) is 0 Å². The van der Waals surface area contributed by atoms with Gasteiger partial charge in [0.15, 0.2) is 6.29 Å². The van der Waals surface area contributed by atoms with Crippen molar-refractivity contribution in [3.63, 3.8) is 0 Å². The molecule has 22 heavy (non-hydrogen) atoms. The third kappa shape index (κ3) is 17.8. The molecule has 7 heteroatoms. The van der Waals surface area contributed by atoms with Crippen LogP contribution in [0.15, 0.2) is 24.3 Å². The molecule has 0 saturated carbocycles. The lowest BCUT2D eigenvalue weighted by Gasteiger charge is -2.03. The van der Waals surface area contributed by atoms with E-state index in [-0.39, 0.29) is 6.61 Å². The monoisotopic (exact) mass is 314 g/mol. The van der Waals surface area contributed by atoms with Gasteiger partial charge in [-0.3, -0.25) is 4.79 Å². The van der Waals surface area contributed by atoms with E-state index in [9.17, 15) is 9.59 Å². The molecule has 0 unspecified atom stereocenters. The predicted molar refractivity (Wildman–Crippen MR) is 87.4 cm³/mol. The molecule has 0 heterocycles. The van der Waals surface area contributed by atoms with Gasteiger partial charge in [-0.1, -0.05) is 0 Å². The zero-order chi connectivity index (χ0) is 17.6. The average Bonchev–Trinajstić information content (AvgIpc) is 2.62. The SMILES string of the molecule is C=O.CNCCC=O.CNc1ccc(OCC=O)cc1.CO. The molecule has 0 bridgehead atoms. The van der Waals surface area contributed by atoms with Crippen molar-refractivity contribution in [3.8, 4) is 5.75 Å². The van der Waals surface area contributed by atoms with Crippen molar-refractivity contribution >= 4 is 25.0 Å². The maximum absolute atomic E-state index is 9.96. The number of benzene rings is 1. The van der Waals surface area contributed by atoms with Crippen LogP contribution in [0.1, 0.15) is 6.42 Å². The molecule has 1 aromatic rings. The second-order valence-corrected chi connectivity index (χ2v) is 3.31. The number of ether oxygens (including phenoxy) is 1. The summed E-state index contributed by atoms with van der Waals surface area (Å²) in [5.41, 5.74) is 1.02. The van der Waals surface area contributed by atoms with Gasteiger partial charge in [-0.05, 0) is 31.3 Å². The van der Waals surface area contributed by atoms with Crippen LogP contribution in [0.25, 0.3) is 0 Å². The number of aliphatic hydroxyl groups excluding tert-OH is 1. The molecule has 1 aromatic carbocycles. The van der Waals surface area contributed by atoms with E-state index in [1.807, 2.05) is 45.1 Å². The summed E-state index contributed by atoms with van der Waals surface area (Å²) in [5, 5.41) is 12.8.